The van der Waals surface area contributed by atoms with Crippen molar-refractivity contribution in [3.8, 4) is 5.75 Å². The Morgan fingerprint density at radius 2 is 2.07 bits per heavy atom. The van der Waals surface area contributed by atoms with Crippen LogP contribution in [0.4, 0.5) is 4.39 Å². The molecule has 2 rings (SSSR count). The normalized spacial score (nSPS) is 17.7. The zero-order chi connectivity index (χ0) is 20.5. The fraction of sp³-hybridized carbons (Fsp3) is 0.619. The van der Waals surface area contributed by atoms with Crippen molar-refractivity contribution in [1.82, 2.24) is 15.5 Å². The first-order chi connectivity index (χ1) is 13.4. The van der Waals surface area contributed by atoms with E-state index in [1.165, 1.54) is 6.07 Å². The SMILES string of the molecule is CCNC(=NCC(CC)Oc1ccccc1F)NC1CCN(C(=O)C(C)C)C1.I. The van der Waals surface area contributed by atoms with Gasteiger partial charge in [-0.15, -0.1) is 24.0 Å². The third-order valence-corrected chi connectivity index (χ3v) is 4.72. The van der Waals surface area contributed by atoms with Crippen molar-refractivity contribution < 1.29 is 13.9 Å². The van der Waals surface area contributed by atoms with Gasteiger partial charge in [0.15, 0.2) is 17.5 Å². The minimum Gasteiger partial charge on any atom is -0.485 e. The van der Waals surface area contributed by atoms with Gasteiger partial charge in [-0.25, -0.2) is 9.38 Å². The second-order valence-electron chi connectivity index (χ2n) is 7.37. The molecule has 0 aromatic heterocycles. The average Bonchev–Trinajstić information content (AvgIpc) is 3.14. The van der Waals surface area contributed by atoms with Crippen LogP contribution in [0, 0.1) is 11.7 Å². The number of benzene rings is 1. The van der Waals surface area contributed by atoms with Crippen molar-refractivity contribution in [3.63, 3.8) is 0 Å². The molecule has 1 aromatic rings. The number of nitrogens with one attached hydrogen (secondary N) is 2. The van der Waals surface area contributed by atoms with E-state index in [4.69, 9.17) is 4.74 Å². The van der Waals surface area contributed by atoms with Crippen molar-refractivity contribution in [1.29, 1.82) is 0 Å². The van der Waals surface area contributed by atoms with Gasteiger partial charge in [0, 0.05) is 31.6 Å². The van der Waals surface area contributed by atoms with Crippen LogP contribution in [0.15, 0.2) is 29.3 Å². The van der Waals surface area contributed by atoms with Gasteiger partial charge in [0.1, 0.15) is 6.10 Å². The third-order valence-electron chi connectivity index (χ3n) is 4.72. The largest absolute Gasteiger partial charge is 0.485 e. The standard InChI is InChI=1S/C21H33FN4O2.HI/c1-5-17(28-19-10-8-7-9-18(19)22)13-24-21(23-6-2)25-16-11-12-26(14-16)20(27)15(3)4;/h7-10,15-17H,5-6,11-14H2,1-4H3,(H2,23,24,25);1H. The number of para-hydroxylation sites is 1. The highest BCUT2D eigenvalue weighted by molar-refractivity contribution is 14.0. The monoisotopic (exact) mass is 520 g/mol. The van der Waals surface area contributed by atoms with E-state index < -0.39 is 0 Å². The molecule has 1 aliphatic heterocycles. The van der Waals surface area contributed by atoms with Crippen LogP contribution >= 0.6 is 24.0 Å². The molecule has 1 aromatic carbocycles. The van der Waals surface area contributed by atoms with Gasteiger partial charge in [0.05, 0.1) is 6.54 Å². The molecule has 0 bridgehead atoms. The van der Waals surface area contributed by atoms with Crippen molar-refractivity contribution >= 4 is 35.8 Å². The highest BCUT2D eigenvalue weighted by Crippen LogP contribution is 2.18. The second kappa shape index (κ2) is 12.9. The predicted octanol–water partition coefficient (Wildman–Crippen LogP) is 3.41. The van der Waals surface area contributed by atoms with Gasteiger partial charge >= 0.3 is 0 Å². The van der Waals surface area contributed by atoms with E-state index >= 15 is 0 Å². The number of likely N-dealkylation sites (tertiary alicyclic amines) is 1. The molecular formula is C21H34FIN4O2. The van der Waals surface area contributed by atoms with Gasteiger partial charge < -0.3 is 20.3 Å². The zero-order valence-corrected chi connectivity index (χ0v) is 20.1. The maximum atomic E-state index is 13.8. The van der Waals surface area contributed by atoms with Crippen LogP contribution < -0.4 is 15.4 Å². The van der Waals surface area contributed by atoms with E-state index in [9.17, 15) is 9.18 Å². The average molecular weight is 520 g/mol. The number of carbonyl (C=O) groups excluding carboxylic acids is 1. The van der Waals surface area contributed by atoms with Gasteiger partial charge in [-0.3, -0.25) is 4.79 Å². The summed E-state index contributed by atoms with van der Waals surface area (Å²) in [4.78, 5) is 18.7. The Labute approximate surface area is 190 Å². The molecule has 0 aliphatic carbocycles. The summed E-state index contributed by atoms with van der Waals surface area (Å²) in [6.07, 6.45) is 1.40. The Hall–Kier alpha value is -1.58. The van der Waals surface area contributed by atoms with Crippen molar-refractivity contribution in [2.24, 2.45) is 10.9 Å². The number of rotatable bonds is 8. The van der Waals surface area contributed by atoms with Crippen LogP contribution in [-0.4, -0.2) is 55.1 Å². The molecule has 0 radical (unpaired) electrons. The summed E-state index contributed by atoms with van der Waals surface area (Å²) in [6, 6.07) is 6.59. The van der Waals surface area contributed by atoms with E-state index in [2.05, 4.69) is 15.6 Å². The minimum atomic E-state index is -0.365. The summed E-state index contributed by atoms with van der Waals surface area (Å²) in [5.74, 6) is 0.788. The summed E-state index contributed by atoms with van der Waals surface area (Å²) in [7, 11) is 0. The van der Waals surface area contributed by atoms with Crippen LogP contribution in [0.2, 0.25) is 0 Å². The maximum absolute atomic E-state index is 13.8. The predicted molar refractivity (Wildman–Crippen MR) is 125 cm³/mol. The summed E-state index contributed by atoms with van der Waals surface area (Å²) < 4.78 is 19.6. The first kappa shape index (κ1) is 25.5. The zero-order valence-electron chi connectivity index (χ0n) is 17.8. The van der Waals surface area contributed by atoms with E-state index in [-0.39, 0.29) is 59.5 Å². The van der Waals surface area contributed by atoms with Crippen LogP contribution in [0.5, 0.6) is 5.75 Å². The quantitative estimate of drug-likeness (QED) is 0.313. The third kappa shape index (κ3) is 7.98. The molecule has 1 amide bonds. The van der Waals surface area contributed by atoms with Gasteiger partial charge in [0.2, 0.25) is 5.91 Å². The number of ether oxygens (including phenoxy) is 1. The smallest absolute Gasteiger partial charge is 0.225 e. The fourth-order valence-electron chi connectivity index (χ4n) is 3.12. The Bertz CT molecular complexity index is 672. The lowest BCUT2D eigenvalue weighted by molar-refractivity contribution is -0.133. The molecule has 2 unspecified atom stereocenters. The molecule has 2 atom stereocenters. The molecule has 1 saturated heterocycles. The van der Waals surface area contributed by atoms with Crippen LogP contribution in [0.3, 0.4) is 0 Å². The first-order valence-corrected chi connectivity index (χ1v) is 10.2. The maximum Gasteiger partial charge on any atom is 0.225 e. The molecule has 8 heteroatoms. The highest BCUT2D eigenvalue weighted by atomic mass is 127. The van der Waals surface area contributed by atoms with E-state index in [1.54, 1.807) is 18.2 Å². The number of halogens is 2. The Kier molecular flexibility index (Phi) is 11.3. The summed E-state index contributed by atoms with van der Waals surface area (Å²) in [6.45, 7) is 10.5. The summed E-state index contributed by atoms with van der Waals surface area (Å²) in [5, 5.41) is 6.65. The van der Waals surface area contributed by atoms with Crippen LogP contribution in [0.1, 0.15) is 40.5 Å². The fourth-order valence-corrected chi connectivity index (χ4v) is 3.12. The Morgan fingerprint density at radius 3 is 2.69 bits per heavy atom. The number of carbonyl (C=O) groups is 1. The van der Waals surface area contributed by atoms with Crippen molar-refractivity contribution in [2.45, 2.75) is 52.7 Å². The summed E-state index contributed by atoms with van der Waals surface area (Å²) in [5.41, 5.74) is 0. The summed E-state index contributed by atoms with van der Waals surface area (Å²) >= 11 is 0. The van der Waals surface area contributed by atoms with Gasteiger partial charge in [0.25, 0.3) is 0 Å². The molecule has 0 saturated carbocycles. The number of nitrogens with zero attached hydrogens (tertiary/aromatic N) is 2. The van der Waals surface area contributed by atoms with Crippen LogP contribution in [-0.2, 0) is 4.79 Å². The topological polar surface area (TPSA) is 66.0 Å². The van der Waals surface area contributed by atoms with Crippen molar-refractivity contribution in [3.05, 3.63) is 30.1 Å². The molecule has 164 valence electrons. The Balaban J connectivity index is 0.00000420. The van der Waals surface area contributed by atoms with Crippen molar-refractivity contribution in [2.75, 3.05) is 26.2 Å². The Morgan fingerprint density at radius 1 is 1.34 bits per heavy atom. The number of amides is 1. The molecule has 6 nitrogen and oxygen atoms in total. The number of hydrogen-bond donors (Lipinski definition) is 2. The molecular weight excluding hydrogens is 486 g/mol. The lowest BCUT2D eigenvalue weighted by atomic mass is 10.2. The van der Waals surface area contributed by atoms with E-state index in [0.717, 1.165) is 25.9 Å². The lowest BCUT2D eigenvalue weighted by Gasteiger charge is -2.21. The number of hydrogen-bond acceptors (Lipinski definition) is 3. The second-order valence-corrected chi connectivity index (χ2v) is 7.37. The lowest BCUT2D eigenvalue weighted by Crippen LogP contribution is -2.45. The molecule has 2 N–H and O–H groups in total. The number of aliphatic imine (C=N–C) groups is 1. The van der Waals surface area contributed by atoms with E-state index in [1.807, 2.05) is 32.6 Å². The van der Waals surface area contributed by atoms with E-state index in [0.29, 0.717) is 19.0 Å². The van der Waals surface area contributed by atoms with Gasteiger partial charge in [-0.1, -0.05) is 32.9 Å². The minimum absolute atomic E-state index is 0. The van der Waals surface area contributed by atoms with Gasteiger partial charge in [-0.2, -0.15) is 0 Å². The number of guanidine groups is 1. The molecule has 1 heterocycles. The molecule has 1 fully saturated rings. The molecule has 29 heavy (non-hydrogen) atoms. The first-order valence-electron chi connectivity index (χ1n) is 10.2. The highest BCUT2D eigenvalue weighted by Gasteiger charge is 2.28. The molecule has 0 spiro atoms. The van der Waals surface area contributed by atoms with Crippen LogP contribution in [0.25, 0.3) is 0 Å². The van der Waals surface area contributed by atoms with Gasteiger partial charge in [-0.05, 0) is 31.9 Å². The molecule has 1 aliphatic rings.